The number of carbonyl (C=O) groups excluding carboxylic acids is 2. The number of carboxylic acid groups (broad SMARTS) is 1. The van der Waals surface area contributed by atoms with Crippen LogP contribution in [-0.2, 0) is 14.3 Å². The molecule has 0 saturated heterocycles. The fourth-order valence-corrected chi connectivity index (χ4v) is 3.91. The molecule has 0 spiro atoms. The number of carboxylic acids is 1. The van der Waals surface area contributed by atoms with Crippen molar-refractivity contribution in [1.29, 1.82) is 0 Å². The van der Waals surface area contributed by atoms with Crippen LogP contribution in [0.2, 0.25) is 0 Å². The molecule has 2 amide bonds. The predicted molar refractivity (Wildman–Crippen MR) is 123 cm³/mol. The summed E-state index contributed by atoms with van der Waals surface area (Å²) < 4.78 is 5.53. The lowest BCUT2D eigenvalue weighted by Gasteiger charge is -2.25. The molecule has 1 unspecified atom stereocenters. The fourth-order valence-electron chi connectivity index (χ4n) is 3.91. The number of nitrogens with one attached hydrogen (secondary N) is 2. The SMILES string of the molecule is CC[C@H](C)[C@H](NC(=O)OCC1c2ccccc2-c2ccccc21)C(=O)NCC(C)(O)C(=O)O. The minimum absolute atomic E-state index is 0.107. The van der Waals surface area contributed by atoms with Gasteiger partial charge >= 0.3 is 12.1 Å². The number of rotatable bonds is 9. The summed E-state index contributed by atoms with van der Waals surface area (Å²) in [5.41, 5.74) is 2.28. The normalized spacial score (nSPS) is 16.0. The van der Waals surface area contributed by atoms with E-state index in [1.807, 2.05) is 55.5 Å². The molecule has 0 aliphatic heterocycles. The van der Waals surface area contributed by atoms with E-state index in [-0.39, 0.29) is 18.4 Å². The van der Waals surface area contributed by atoms with Gasteiger partial charge in [0, 0.05) is 5.92 Å². The monoisotopic (exact) mass is 454 g/mol. The Labute approximate surface area is 193 Å². The zero-order valence-corrected chi connectivity index (χ0v) is 19.0. The van der Waals surface area contributed by atoms with E-state index in [0.29, 0.717) is 6.42 Å². The fraction of sp³-hybridized carbons (Fsp3) is 0.400. The highest BCUT2D eigenvalue weighted by molar-refractivity contribution is 5.87. The maximum atomic E-state index is 12.7. The molecule has 3 rings (SSSR count). The topological polar surface area (TPSA) is 125 Å². The molecule has 8 nitrogen and oxygen atoms in total. The second-order valence-electron chi connectivity index (χ2n) is 8.63. The molecule has 0 heterocycles. The van der Waals surface area contributed by atoms with Crippen LogP contribution in [0.4, 0.5) is 4.79 Å². The molecule has 176 valence electrons. The third-order valence-electron chi connectivity index (χ3n) is 6.18. The Morgan fingerprint density at radius 3 is 2.12 bits per heavy atom. The summed E-state index contributed by atoms with van der Waals surface area (Å²) in [7, 11) is 0. The lowest BCUT2D eigenvalue weighted by atomic mass is 9.97. The number of aliphatic carboxylic acids is 1. The van der Waals surface area contributed by atoms with E-state index in [2.05, 4.69) is 10.6 Å². The lowest BCUT2D eigenvalue weighted by molar-refractivity contribution is -0.156. The van der Waals surface area contributed by atoms with Crippen LogP contribution in [-0.4, -0.2) is 53.0 Å². The molecule has 2 aromatic carbocycles. The quantitative estimate of drug-likeness (QED) is 0.462. The van der Waals surface area contributed by atoms with Crippen molar-refractivity contribution in [3.63, 3.8) is 0 Å². The second kappa shape index (κ2) is 10.0. The number of alkyl carbamates (subject to hydrolysis) is 1. The van der Waals surface area contributed by atoms with E-state index in [4.69, 9.17) is 9.84 Å². The van der Waals surface area contributed by atoms with E-state index >= 15 is 0 Å². The molecule has 2 aromatic rings. The summed E-state index contributed by atoms with van der Waals surface area (Å²) >= 11 is 0. The minimum Gasteiger partial charge on any atom is -0.479 e. The summed E-state index contributed by atoms with van der Waals surface area (Å²) in [4.78, 5) is 36.3. The van der Waals surface area contributed by atoms with Gasteiger partial charge in [0.25, 0.3) is 0 Å². The molecule has 1 aliphatic rings. The van der Waals surface area contributed by atoms with Crippen molar-refractivity contribution in [2.24, 2.45) is 5.92 Å². The van der Waals surface area contributed by atoms with E-state index in [1.165, 1.54) is 0 Å². The first-order valence-electron chi connectivity index (χ1n) is 11.0. The van der Waals surface area contributed by atoms with Crippen LogP contribution in [0.3, 0.4) is 0 Å². The maximum Gasteiger partial charge on any atom is 0.407 e. The number of fused-ring (bicyclic) bond motifs is 3. The molecule has 0 fully saturated rings. The smallest absolute Gasteiger partial charge is 0.407 e. The summed E-state index contributed by atoms with van der Waals surface area (Å²) in [6, 6.07) is 15.0. The van der Waals surface area contributed by atoms with Crippen molar-refractivity contribution in [2.45, 2.75) is 44.8 Å². The molecule has 0 bridgehead atoms. The van der Waals surface area contributed by atoms with Gasteiger partial charge in [0.15, 0.2) is 5.60 Å². The van der Waals surface area contributed by atoms with Gasteiger partial charge in [0.1, 0.15) is 12.6 Å². The largest absolute Gasteiger partial charge is 0.479 e. The number of hydrogen-bond acceptors (Lipinski definition) is 5. The van der Waals surface area contributed by atoms with Crippen molar-refractivity contribution < 1.29 is 29.3 Å². The molecule has 0 radical (unpaired) electrons. The Morgan fingerprint density at radius 2 is 1.61 bits per heavy atom. The molecule has 8 heteroatoms. The van der Waals surface area contributed by atoms with Gasteiger partial charge in [0.05, 0.1) is 6.54 Å². The van der Waals surface area contributed by atoms with Crippen molar-refractivity contribution in [3.8, 4) is 11.1 Å². The summed E-state index contributed by atoms with van der Waals surface area (Å²) in [5.74, 6) is -2.38. The predicted octanol–water partition coefficient (Wildman–Crippen LogP) is 2.89. The number of amides is 2. The molecule has 0 aromatic heterocycles. The number of ether oxygens (including phenoxy) is 1. The third kappa shape index (κ3) is 5.34. The van der Waals surface area contributed by atoms with Crippen molar-refractivity contribution >= 4 is 18.0 Å². The van der Waals surface area contributed by atoms with Gasteiger partial charge in [-0.1, -0.05) is 68.8 Å². The first kappa shape index (κ1) is 24.3. The average Bonchev–Trinajstić information content (AvgIpc) is 3.13. The Hall–Kier alpha value is -3.39. The molecule has 3 atom stereocenters. The van der Waals surface area contributed by atoms with Crippen molar-refractivity contribution in [2.75, 3.05) is 13.2 Å². The van der Waals surface area contributed by atoms with Gasteiger partial charge in [-0.2, -0.15) is 0 Å². The molecular formula is C25H30N2O6. The first-order valence-corrected chi connectivity index (χ1v) is 11.0. The highest BCUT2D eigenvalue weighted by Crippen LogP contribution is 2.44. The van der Waals surface area contributed by atoms with Gasteiger partial charge in [-0.15, -0.1) is 0 Å². The van der Waals surface area contributed by atoms with E-state index in [1.54, 1.807) is 6.92 Å². The molecule has 0 saturated carbocycles. The van der Waals surface area contributed by atoms with E-state index in [0.717, 1.165) is 29.2 Å². The van der Waals surface area contributed by atoms with E-state index in [9.17, 15) is 19.5 Å². The lowest BCUT2D eigenvalue weighted by Crippen LogP contribution is -2.54. The summed E-state index contributed by atoms with van der Waals surface area (Å²) in [5, 5.41) is 23.9. The zero-order chi connectivity index (χ0) is 24.2. The Bertz CT molecular complexity index is 990. The van der Waals surface area contributed by atoms with Crippen molar-refractivity contribution in [1.82, 2.24) is 10.6 Å². The third-order valence-corrected chi connectivity index (χ3v) is 6.18. The Kier molecular flexibility index (Phi) is 7.38. The van der Waals surface area contributed by atoms with E-state index < -0.39 is 36.2 Å². The Morgan fingerprint density at radius 1 is 1.06 bits per heavy atom. The van der Waals surface area contributed by atoms with Gasteiger partial charge in [-0.05, 0) is 35.1 Å². The molecular weight excluding hydrogens is 424 g/mol. The molecule has 4 N–H and O–H groups in total. The summed E-state index contributed by atoms with van der Waals surface area (Å²) in [6.45, 7) is 4.39. The summed E-state index contributed by atoms with van der Waals surface area (Å²) in [6.07, 6.45) is -0.140. The second-order valence-corrected chi connectivity index (χ2v) is 8.63. The molecule has 33 heavy (non-hydrogen) atoms. The standard InChI is InChI=1S/C25H30N2O6/c1-4-15(2)21(22(28)26-14-25(3,32)23(29)30)27-24(31)33-13-20-18-11-7-5-9-16(18)17-10-6-8-12-19(17)20/h5-12,15,20-21,32H,4,13-14H2,1-3H3,(H,26,28)(H,27,31)(H,29,30)/t15-,21-,25?/m0/s1. The van der Waals surface area contributed by atoms with Crippen LogP contribution >= 0.6 is 0 Å². The van der Waals surface area contributed by atoms with Crippen molar-refractivity contribution in [3.05, 3.63) is 59.7 Å². The number of benzene rings is 2. The van der Waals surface area contributed by atoms with Crippen LogP contribution in [0.15, 0.2) is 48.5 Å². The molecule has 1 aliphatic carbocycles. The van der Waals surface area contributed by atoms with Gasteiger partial charge < -0.3 is 25.6 Å². The van der Waals surface area contributed by atoms with Crippen LogP contribution in [0.1, 0.15) is 44.2 Å². The highest BCUT2D eigenvalue weighted by Gasteiger charge is 2.34. The minimum atomic E-state index is -2.11. The van der Waals surface area contributed by atoms with Gasteiger partial charge in [-0.3, -0.25) is 4.79 Å². The van der Waals surface area contributed by atoms with Crippen LogP contribution in [0.5, 0.6) is 0 Å². The first-order chi connectivity index (χ1) is 15.7. The number of carbonyl (C=O) groups is 3. The Balaban J connectivity index is 1.65. The van der Waals surface area contributed by atoms with Crippen LogP contribution in [0, 0.1) is 5.92 Å². The van der Waals surface area contributed by atoms with Gasteiger partial charge in [-0.25, -0.2) is 9.59 Å². The van der Waals surface area contributed by atoms with Crippen LogP contribution in [0.25, 0.3) is 11.1 Å². The number of aliphatic hydroxyl groups is 1. The average molecular weight is 455 g/mol. The maximum absolute atomic E-state index is 12.7. The van der Waals surface area contributed by atoms with Gasteiger partial charge in [0.2, 0.25) is 5.91 Å². The van der Waals surface area contributed by atoms with Crippen LogP contribution < -0.4 is 10.6 Å². The number of hydrogen-bond donors (Lipinski definition) is 4. The highest BCUT2D eigenvalue weighted by atomic mass is 16.5. The zero-order valence-electron chi connectivity index (χ0n) is 19.0.